The molecule has 18 heavy (non-hydrogen) atoms. The minimum atomic E-state index is -0.00567. The number of nitrogens with zero attached hydrogens (tertiary/aromatic N) is 1. The average molecular weight is 328 g/mol. The van der Waals surface area contributed by atoms with Crippen molar-refractivity contribution in [2.75, 3.05) is 7.05 Å². The Kier molecular flexibility index (Phi) is 3.92. The molecule has 5 heteroatoms. The van der Waals surface area contributed by atoms with Crippen LogP contribution in [0.15, 0.2) is 26.4 Å². The number of halogens is 1. The molecular formula is C13H14BrNO2S. The Morgan fingerprint density at radius 3 is 2.67 bits per heavy atom. The molecule has 2 heterocycles. The van der Waals surface area contributed by atoms with Crippen molar-refractivity contribution in [3.8, 4) is 0 Å². The quantitative estimate of drug-likeness (QED) is 0.853. The predicted molar refractivity (Wildman–Crippen MR) is 76.0 cm³/mol. The van der Waals surface area contributed by atoms with Gasteiger partial charge in [0.2, 0.25) is 0 Å². The summed E-state index contributed by atoms with van der Waals surface area (Å²) in [4.78, 5) is 15.1. The third kappa shape index (κ3) is 2.84. The maximum atomic E-state index is 12.2. The zero-order chi connectivity index (χ0) is 13.3. The Labute approximate surface area is 119 Å². The minimum Gasteiger partial charge on any atom is -0.466 e. The first-order valence-corrected chi connectivity index (χ1v) is 7.20. The number of furan rings is 1. The molecule has 2 rings (SSSR count). The van der Waals surface area contributed by atoms with E-state index in [1.165, 1.54) is 0 Å². The number of carbonyl (C=O) groups excluding carboxylic acids is 1. The van der Waals surface area contributed by atoms with Gasteiger partial charge in [-0.05, 0) is 41.9 Å². The summed E-state index contributed by atoms with van der Waals surface area (Å²) < 4.78 is 6.44. The van der Waals surface area contributed by atoms with E-state index in [9.17, 15) is 4.79 Å². The van der Waals surface area contributed by atoms with Gasteiger partial charge < -0.3 is 9.32 Å². The van der Waals surface area contributed by atoms with Crippen LogP contribution in [0.2, 0.25) is 0 Å². The van der Waals surface area contributed by atoms with Crippen LogP contribution in [-0.2, 0) is 6.54 Å². The molecular weight excluding hydrogens is 314 g/mol. The van der Waals surface area contributed by atoms with Crippen molar-refractivity contribution >= 4 is 33.2 Å². The lowest BCUT2D eigenvalue weighted by Gasteiger charge is -2.15. The van der Waals surface area contributed by atoms with E-state index in [1.54, 1.807) is 29.4 Å². The minimum absolute atomic E-state index is 0.00567. The van der Waals surface area contributed by atoms with Crippen LogP contribution in [0.4, 0.5) is 0 Å². The Balaban J connectivity index is 2.11. The zero-order valence-electron chi connectivity index (χ0n) is 10.5. The van der Waals surface area contributed by atoms with Crippen molar-refractivity contribution in [2.24, 2.45) is 0 Å². The van der Waals surface area contributed by atoms with Crippen LogP contribution in [0.3, 0.4) is 0 Å². The highest BCUT2D eigenvalue weighted by atomic mass is 79.9. The van der Waals surface area contributed by atoms with E-state index >= 15 is 0 Å². The highest BCUT2D eigenvalue weighted by Gasteiger charge is 2.18. The van der Waals surface area contributed by atoms with Gasteiger partial charge in [-0.3, -0.25) is 4.79 Å². The molecule has 0 atom stereocenters. The smallest absolute Gasteiger partial charge is 0.257 e. The van der Waals surface area contributed by atoms with Crippen LogP contribution in [0.1, 0.15) is 26.8 Å². The largest absolute Gasteiger partial charge is 0.466 e. The Morgan fingerprint density at radius 1 is 1.44 bits per heavy atom. The third-order valence-corrected chi connectivity index (χ3v) is 4.32. The van der Waals surface area contributed by atoms with Gasteiger partial charge in [-0.25, -0.2) is 0 Å². The lowest BCUT2D eigenvalue weighted by molar-refractivity contribution is 0.0784. The fourth-order valence-corrected chi connectivity index (χ4v) is 3.29. The summed E-state index contributed by atoms with van der Waals surface area (Å²) >= 11 is 5.05. The van der Waals surface area contributed by atoms with Gasteiger partial charge in [0.1, 0.15) is 11.5 Å². The molecule has 0 spiro atoms. The molecule has 0 saturated carbocycles. The maximum absolute atomic E-state index is 12.2. The second-order valence-electron chi connectivity index (χ2n) is 4.22. The number of carbonyl (C=O) groups is 1. The average Bonchev–Trinajstić information content (AvgIpc) is 2.84. The van der Waals surface area contributed by atoms with E-state index in [0.717, 1.165) is 15.1 Å². The number of hydrogen-bond donors (Lipinski definition) is 0. The topological polar surface area (TPSA) is 33.5 Å². The fourth-order valence-electron chi connectivity index (χ4n) is 1.79. The first-order chi connectivity index (χ1) is 8.47. The maximum Gasteiger partial charge on any atom is 0.257 e. The Morgan fingerprint density at radius 2 is 2.17 bits per heavy atom. The molecule has 0 saturated heterocycles. The standard InChI is InChI=1S/C13H14BrNO2S/c1-8-4-12(9(2)17-8)13(16)15(3)6-11-5-10(14)7-18-11/h4-5,7H,6H2,1-3H3. The van der Waals surface area contributed by atoms with Gasteiger partial charge in [0, 0.05) is 21.8 Å². The molecule has 0 radical (unpaired) electrons. The summed E-state index contributed by atoms with van der Waals surface area (Å²) in [6.07, 6.45) is 0. The van der Waals surface area contributed by atoms with Crippen LogP contribution in [0, 0.1) is 13.8 Å². The van der Waals surface area contributed by atoms with E-state index in [-0.39, 0.29) is 5.91 Å². The fraction of sp³-hybridized carbons (Fsp3) is 0.308. The normalized spacial score (nSPS) is 10.7. The molecule has 0 fully saturated rings. The van der Waals surface area contributed by atoms with Gasteiger partial charge in [-0.15, -0.1) is 11.3 Å². The van der Waals surface area contributed by atoms with Crippen LogP contribution in [0.25, 0.3) is 0 Å². The van der Waals surface area contributed by atoms with Gasteiger partial charge in [-0.2, -0.15) is 0 Å². The molecule has 1 amide bonds. The molecule has 2 aromatic heterocycles. The highest BCUT2D eigenvalue weighted by molar-refractivity contribution is 9.10. The van der Waals surface area contributed by atoms with Crippen molar-refractivity contribution in [3.63, 3.8) is 0 Å². The van der Waals surface area contributed by atoms with Crippen molar-refractivity contribution in [1.29, 1.82) is 0 Å². The molecule has 3 nitrogen and oxygen atoms in total. The van der Waals surface area contributed by atoms with Gasteiger partial charge in [0.25, 0.3) is 5.91 Å². The number of thiophene rings is 1. The van der Waals surface area contributed by atoms with Crippen LogP contribution in [0.5, 0.6) is 0 Å². The summed E-state index contributed by atoms with van der Waals surface area (Å²) in [6, 6.07) is 3.82. The summed E-state index contributed by atoms with van der Waals surface area (Å²) in [6.45, 7) is 4.27. The first-order valence-electron chi connectivity index (χ1n) is 5.53. The summed E-state index contributed by atoms with van der Waals surface area (Å²) in [5.41, 5.74) is 0.644. The highest BCUT2D eigenvalue weighted by Crippen LogP contribution is 2.22. The monoisotopic (exact) mass is 327 g/mol. The molecule has 0 aliphatic heterocycles. The third-order valence-electron chi connectivity index (χ3n) is 2.63. The molecule has 0 aromatic carbocycles. The van der Waals surface area contributed by atoms with E-state index in [0.29, 0.717) is 17.9 Å². The van der Waals surface area contributed by atoms with E-state index in [4.69, 9.17) is 4.42 Å². The number of hydrogen-bond acceptors (Lipinski definition) is 3. The predicted octanol–water partition coefficient (Wildman–Crippen LogP) is 3.99. The van der Waals surface area contributed by atoms with Gasteiger partial charge in [0.15, 0.2) is 0 Å². The summed E-state index contributed by atoms with van der Waals surface area (Å²) in [5.74, 6) is 1.44. The SMILES string of the molecule is Cc1cc(C(=O)N(C)Cc2cc(Br)cs2)c(C)o1. The second-order valence-corrected chi connectivity index (χ2v) is 6.13. The zero-order valence-corrected chi connectivity index (χ0v) is 12.9. The lowest BCUT2D eigenvalue weighted by Crippen LogP contribution is -2.25. The Bertz CT molecular complexity index is 573. The van der Waals surface area contributed by atoms with Gasteiger partial charge >= 0.3 is 0 Å². The molecule has 0 bridgehead atoms. The molecule has 0 N–H and O–H groups in total. The summed E-state index contributed by atoms with van der Waals surface area (Å²) in [7, 11) is 1.80. The van der Waals surface area contributed by atoms with E-state index in [1.807, 2.05) is 25.3 Å². The van der Waals surface area contributed by atoms with Crippen molar-refractivity contribution in [3.05, 3.63) is 43.9 Å². The van der Waals surface area contributed by atoms with Gasteiger partial charge in [0.05, 0.1) is 12.1 Å². The number of rotatable bonds is 3. The van der Waals surface area contributed by atoms with Crippen LogP contribution >= 0.6 is 27.3 Å². The molecule has 0 aliphatic carbocycles. The van der Waals surface area contributed by atoms with Crippen LogP contribution in [-0.4, -0.2) is 17.9 Å². The van der Waals surface area contributed by atoms with E-state index in [2.05, 4.69) is 15.9 Å². The number of aryl methyl sites for hydroxylation is 2. The molecule has 2 aromatic rings. The van der Waals surface area contributed by atoms with Crippen LogP contribution < -0.4 is 0 Å². The van der Waals surface area contributed by atoms with Crippen molar-refractivity contribution in [2.45, 2.75) is 20.4 Å². The molecule has 0 aliphatic rings. The Hall–Kier alpha value is -1.07. The lowest BCUT2D eigenvalue weighted by atomic mass is 10.2. The second kappa shape index (κ2) is 5.28. The van der Waals surface area contributed by atoms with Crippen molar-refractivity contribution < 1.29 is 9.21 Å². The molecule has 96 valence electrons. The van der Waals surface area contributed by atoms with E-state index < -0.39 is 0 Å². The van der Waals surface area contributed by atoms with Crippen molar-refractivity contribution in [1.82, 2.24) is 4.90 Å². The first kappa shape index (κ1) is 13.4. The van der Waals surface area contributed by atoms with Gasteiger partial charge in [-0.1, -0.05) is 0 Å². The summed E-state index contributed by atoms with van der Waals surface area (Å²) in [5, 5.41) is 2.01. The number of amides is 1. The molecule has 0 unspecified atom stereocenters.